The Kier molecular flexibility index (Phi) is 5.52. The number of halogens is 1. The molecule has 0 fully saturated rings. The van der Waals surface area contributed by atoms with Gasteiger partial charge < -0.3 is 10.1 Å². The molecule has 144 valence electrons. The van der Waals surface area contributed by atoms with Gasteiger partial charge in [-0.1, -0.05) is 0 Å². The highest BCUT2D eigenvalue weighted by molar-refractivity contribution is 14.1. The second-order valence-corrected chi connectivity index (χ2v) is 7.41. The third kappa shape index (κ3) is 4.60. The van der Waals surface area contributed by atoms with Crippen molar-refractivity contribution in [3.05, 3.63) is 88.0 Å². The Morgan fingerprint density at radius 2 is 1.76 bits per heavy atom. The van der Waals surface area contributed by atoms with Crippen molar-refractivity contribution in [2.45, 2.75) is 6.92 Å². The van der Waals surface area contributed by atoms with Crippen LogP contribution in [-0.2, 0) is 0 Å². The highest BCUT2D eigenvalue weighted by Gasteiger charge is 2.07. The molecule has 2 aromatic heterocycles. The summed E-state index contributed by atoms with van der Waals surface area (Å²) in [6.07, 6.45) is 3.53. The first-order chi connectivity index (χ1) is 14.1. The Morgan fingerprint density at radius 1 is 1.00 bits per heavy atom. The van der Waals surface area contributed by atoms with E-state index in [-0.39, 0.29) is 5.91 Å². The second kappa shape index (κ2) is 8.39. The standard InChI is InChI=1S/C21H16IN5O2/c1-14-23-12-13-27(14)19-10-11-20(26-25-19)29-18-8-6-17(7-9-18)24-21(28)15-2-4-16(22)5-3-15/h2-13H,1H3,(H,24,28). The molecule has 0 atom stereocenters. The van der Waals surface area contributed by atoms with Crippen LogP contribution in [0.1, 0.15) is 16.2 Å². The summed E-state index contributed by atoms with van der Waals surface area (Å²) in [6.45, 7) is 1.89. The maximum Gasteiger partial charge on any atom is 0.255 e. The lowest BCUT2D eigenvalue weighted by atomic mass is 10.2. The molecule has 0 aliphatic heterocycles. The van der Waals surface area contributed by atoms with Crippen LogP contribution in [0.15, 0.2) is 73.1 Å². The molecule has 2 heterocycles. The Morgan fingerprint density at radius 3 is 2.38 bits per heavy atom. The van der Waals surface area contributed by atoms with Crippen LogP contribution in [0.4, 0.5) is 5.69 Å². The molecule has 0 aliphatic rings. The molecule has 0 aliphatic carbocycles. The van der Waals surface area contributed by atoms with Crippen LogP contribution in [0, 0.1) is 10.5 Å². The fraction of sp³-hybridized carbons (Fsp3) is 0.0476. The van der Waals surface area contributed by atoms with Crippen LogP contribution in [-0.4, -0.2) is 25.7 Å². The normalized spacial score (nSPS) is 10.6. The summed E-state index contributed by atoms with van der Waals surface area (Å²) >= 11 is 2.20. The van der Waals surface area contributed by atoms with E-state index in [0.29, 0.717) is 28.7 Å². The van der Waals surface area contributed by atoms with Gasteiger partial charge in [0.15, 0.2) is 5.82 Å². The number of anilines is 1. The number of amides is 1. The number of aromatic nitrogens is 4. The van der Waals surface area contributed by atoms with Gasteiger partial charge in [0.2, 0.25) is 5.88 Å². The van der Waals surface area contributed by atoms with Gasteiger partial charge in [-0.15, -0.1) is 10.2 Å². The first-order valence-electron chi connectivity index (χ1n) is 8.77. The summed E-state index contributed by atoms with van der Waals surface area (Å²) in [5.74, 6) is 2.31. The lowest BCUT2D eigenvalue weighted by Gasteiger charge is -2.08. The maximum atomic E-state index is 12.3. The number of benzene rings is 2. The van der Waals surface area contributed by atoms with E-state index in [2.05, 4.69) is 43.1 Å². The zero-order valence-electron chi connectivity index (χ0n) is 15.4. The van der Waals surface area contributed by atoms with Crippen molar-refractivity contribution in [1.29, 1.82) is 0 Å². The van der Waals surface area contributed by atoms with Gasteiger partial charge in [0.25, 0.3) is 5.91 Å². The number of ether oxygens (including phenoxy) is 1. The van der Waals surface area contributed by atoms with Crippen molar-refractivity contribution in [2.24, 2.45) is 0 Å². The monoisotopic (exact) mass is 497 g/mol. The molecule has 0 unspecified atom stereocenters. The Hall–Kier alpha value is -3.27. The molecule has 29 heavy (non-hydrogen) atoms. The van der Waals surface area contributed by atoms with Crippen LogP contribution in [0.2, 0.25) is 0 Å². The number of aryl methyl sites for hydroxylation is 1. The number of rotatable bonds is 5. The molecule has 2 aromatic carbocycles. The van der Waals surface area contributed by atoms with Crippen molar-refractivity contribution in [2.75, 3.05) is 5.32 Å². The summed E-state index contributed by atoms with van der Waals surface area (Å²) < 4.78 is 8.64. The highest BCUT2D eigenvalue weighted by Crippen LogP contribution is 2.22. The zero-order chi connectivity index (χ0) is 20.2. The molecular formula is C21H16IN5O2. The fourth-order valence-corrected chi connectivity index (χ4v) is 3.01. The molecule has 1 amide bonds. The maximum absolute atomic E-state index is 12.3. The SMILES string of the molecule is Cc1nccn1-c1ccc(Oc2ccc(NC(=O)c3ccc(I)cc3)cc2)nn1. The Balaban J connectivity index is 1.40. The second-order valence-electron chi connectivity index (χ2n) is 6.16. The Labute approximate surface area is 180 Å². The third-order valence-electron chi connectivity index (χ3n) is 4.14. The topological polar surface area (TPSA) is 81.9 Å². The first kappa shape index (κ1) is 19.1. The van der Waals surface area contributed by atoms with Crippen molar-refractivity contribution in [3.8, 4) is 17.4 Å². The molecule has 4 rings (SSSR count). The lowest BCUT2D eigenvalue weighted by molar-refractivity contribution is 0.102. The van der Waals surface area contributed by atoms with E-state index in [9.17, 15) is 4.79 Å². The van der Waals surface area contributed by atoms with Gasteiger partial charge in [-0.3, -0.25) is 9.36 Å². The molecule has 8 heteroatoms. The average molecular weight is 497 g/mol. The largest absolute Gasteiger partial charge is 0.438 e. The minimum Gasteiger partial charge on any atom is -0.438 e. The molecule has 0 spiro atoms. The van der Waals surface area contributed by atoms with Gasteiger partial charge in [0, 0.05) is 33.3 Å². The average Bonchev–Trinajstić information content (AvgIpc) is 3.16. The molecule has 0 bridgehead atoms. The summed E-state index contributed by atoms with van der Waals surface area (Å²) in [5, 5.41) is 11.1. The van der Waals surface area contributed by atoms with Crippen LogP contribution >= 0.6 is 22.6 Å². The van der Waals surface area contributed by atoms with Crippen LogP contribution in [0.5, 0.6) is 11.6 Å². The van der Waals surface area contributed by atoms with Gasteiger partial charge >= 0.3 is 0 Å². The number of nitrogens with one attached hydrogen (secondary N) is 1. The smallest absolute Gasteiger partial charge is 0.255 e. The predicted octanol–water partition coefficient (Wildman–Crippen LogP) is 4.62. The molecule has 0 saturated heterocycles. The number of hydrogen-bond donors (Lipinski definition) is 1. The summed E-state index contributed by atoms with van der Waals surface area (Å²) in [6, 6.07) is 18.0. The minimum atomic E-state index is -0.161. The summed E-state index contributed by atoms with van der Waals surface area (Å²) in [4.78, 5) is 16.5. The molecular weight excluding hydrogens is 481 g/mol. The van der Waals surface area contributed by atoms with E-state index in [1.165, 1.54) is 0 Å². The molecule has 4 aromatic rings. The number of carbonyl (C=O) groups excluding carboxylic acids is 1. The van der Waals surface area contributed by atoms with E-state index < -0.39 is 0 Å². The zero-order valence-corrected chi connectivity index (χ0v) is 17.6. The van der Waals surface area contributed by atoms with Crippen LogP contribution in [0.25, 0.3) is 5.82 Å². The highest BCUT2D eigenvalue weighted by atomic mass is 127. The first-order valence-corrected chi connectivity index (χ1v) is 9.85. The van der Waals surface area contributed by atoms with Gasteiger partial charge in [-0.2, -0.15) is 0 Å². The number of imidazole rings is 1. The van der Waals surface area contributed by atoms with E-state index in [1.807, 2.05) is 35.9 Å². The predicted molar refractivity (Wildman–Crippen MR) is 118 cm³/mol. The van der Waals surface area contributed by atoms with Crippen LogP contribution < -0.4 is 10.1 Å². The third-order valence-corrected chi connectivity index (χ3v) is 4.86. The molecule has 0 radical (unpaired) electrons. The Bertz CT molecular complexity index is 1120. The minimum absolute atomic E-state index is 0.161. The van der Waals surface area contributed by atoms with Gasteiger partial charge in [-0.25, -0.2) is 4.98 Å². The van der Waals surface area contributed by atoms with E-state index in [1.54, 1.807) is 48.7 Å². The van der Waals surface area contributed by atoms with Crippen molar-refractivity contribution >= 4 is 34.2 Å². The number of hydrogen-bond acceptors (Lipinski definition) is 5. The van der Waals surface area contributed by atoms with Gasteiger partial charge in [0.1, 0.15) is 11.6 Å². The molecule has 7 nitrogen and oxygen atoms in total. The van der Waals surface area contributed by atoms with E-state index >= 15 is 0 Å². The summed E-state index contributed by atoms with van der Waals surface area (Å²) in [5.41, 5.74) is 1.28. The van der Waals surface area contributed by atoms with Crippen LogP contribution in [0.3, 0.4) is 0 Å². The van der Waals surface area contributed by atoms with Crippen molar-refractivity contribution in [3.63, 3.8) is 0 Å². The number of carbonyl (C=O) groups is 1. The quantitative estimate of drug-likeness (QED) is 0.407. The molecule has 1 N–H and O–H groups in total. The molecule has 0 saturated carbocycles. The van der Waals surface area contributed by atoms with Crippen molar-refractivity contribution in [1.82, 2.24) is 19.7 Å². The van der Waals surface area contributed by atoms with E-state index in [4.69, 9.17) is 4.74 Å². The van der Waals surface area contributed by atoms with Gasteiger partial charge in [0.05, 0.1) is 0 Å². The van der Waals surface area contributed by atoms with Crippen molar-refractivity contribution < 1.29 is 9.53 Å². The fourth-order valence-electron chi connectivity index (χ4n) is 2.65. The van der Waals surface area contributed by atoms with Gasteiger partial charge in [-0.05, 0) is 84.1 Å². The summed E-state index contributed by atoms with van der Waals surface area (Å²) in [7, 11) is 0. The number of nitrogens with zero attached hydrogens (tertiary/aromatic N) is 4. The van der Waals surface area contributed by atoms with E-state index in [0.717, 1.165) is 9.39 Å². The lowest BCUT2D eigenvalue weighted by Crippen LogP contribution is -2.11.